The topological polar surface area (TPSA) is 92.2 Å². The summed E-state index contributed by atoms with van der Waals surface area (Å²) in [4.78, 5) is 26.5. The van der Waals surface area contributed by atoms with Gasteiger partial charge in [-0.05, 0) is 50.2 Å². The highest BCUT2D eigenvalue weighted by atomic mass is 35.5. The number of halogens is 1. The van der Waals surface area contributed by atoms with Crippen LogP contribution in [0, 0.1) is 0 Å². The van der Waals surface area contributed by atoms with Gasteiger partial charge in [0.1, 0.15) is 0 Å². The molecule has 1 aromatic heterocycles. The van der Waals surface area contributed by atoms with E-state index in [0.29, 0.717) is 16.0 Å². The fourth-order valence-electron chi connectivity index (χ4n) is 3.11. The van der Waals surface area contributed by atoms with E-state index in [9.17, 15) is 9.59 Å². The zero-order chi connectivity index (χ0) is 23.1. The van der Waals surface area contributed by atoms with Crippen molar-refractivity contribution in [3.05, 3.63) is 59.1 Å². The van der Waals surface area contributed by atoms with Gasteiger partial charge in [-0.3, -0.25) is 20.4 Å². The minimum Gasteiger partial charge on any atom is -0.372 e. The molecule has 0 fully saturated rings. The molecule has 0 aliphatic heterocycles. The zero-order valence-corrected chi connectivity index (χ0v) is 19.7. The number of hydrazine groups is 1. The van der Waals surface area contributed by atoms with Gasteiger partial charge >= 0.3 is 0 Å². The summed E-state index contributed by atoms with van der Waals surface area (Å²) >= 11 is 7.21. The molecule has 3 rings (SSSR count). The molecule has 8 nitrogen and oxygen atoms in total. The highest BCUT2D eigenvalue weighted by Crippen LogP contribution is 2.25. The van der Waals surface area contributed by atoms with Crippen molar-refractivity contribution in [2.75, 3.05) is 23.7 Å². The van der Waals surface area contributed by atoms with Crippen LogP contribution in [0.5, 0.6) is 0 Å². The maximum absolute atomic E-state index is 12.1. The lowest BCUT2D eigenvalue weighted by atomic mass is 10.2. The lowest BCUT2D eigenvalue weighted by molar-refractivity contribution is -0.119. The first-order valence-corrected chi connectivity index (χ1v) is 11.5. The van der Waals surface area contributed by atoms with E-state index in [-0.39, 0.29) is 17.2 Å². The summed E-state index contributed by atoms with van der Waals surface area (Å²) in [5.41, 5.74) is 7.13. The van der Waals surface area contributed by atoms with Crippen molar-refractivity contribution in [3.8, 4) is 11.4 Å². The van der Waals surface area contributed by atoms with E-state index in [4.69, 9.17) is 11.6 Å². The second-order valence-electron chi connectivity index (χ2n) is 6.86. The smallest absolute Gasteiger partial charge is 0.271 e. The van der Waals surface area contributed by atoms with E-state index in [2.05, 4.69) is 51.9 Å². The fraction of sp³-hybridized carbons (Fsp3) is 0.273. The monoisotopic (exact) mass is 472 g/mol. The van der Waals surface area contributed by atoms with Crippen LogP contribution in [0.4, 0.5) is 5.69 Å². The Hall–Kier alpha value is -3.04. The number of benzene rings is 2. The number of rotatable bonds is 8. The number of nitrogens with zero attached hydrogens (tertiary/aromatic N) is 4. The van der Waals surface area contributed by atoms with Crippen molar-refractivity contribution in [3.63, 3.8) is 0 Å². The van der Waals surface area contributed by atoms with Gasteiger partial charge < -0.3 is 9.47 Å². The van der Waals surface area contributed by atoms with Crippen molar-refractivity contribution in [2.24, 2.45) is 7.05 Å². The minimum absolute atomic E-state index is 0.0652. The summed E-state index contributed by atoms with van der Waals surface area (Å²) in [7, 11) is 1.85. The Bertz CT molecular complexity index is 1080. The van der Waals surface area contributed by atoms with Gasteiger partial charge in [0.2, 0.25) is 5.91 Å². The molecule has 2 aromatic carbocycles. The highest BCUT2D eigenvalue weighted by Gasteiger charge is 2.15. The van der Waals surface area contributed by atoms with Crippen LogP contribution in [0.1, 0.15) is 24.2 Å². The molecular weight excluding hydrogens is 448 g/mol. The van der Waals surface area contributed by atoms with Crippen LogP contribution in [-0.4, -0.2) is 45.4 Å². The molecule has 0 aliphatic rings. The third-order valence-corrected chi connectivity index (χ3v) is 6.21. The number of hydrogen-bond donors (Lipinski definition) is 2. The average molecular weight is 473 g/mol. The molecule has 10 heteroatoms. The van der Waals surface area contributed by atoms with E-state index < -0.39 is 5.91 Å². The third kappa shape index (κ3) is 5.60. The first-order chi connectivity index (χ1) is 15.4. The van der Waals surface area contributed by atoms with E-state index in [0.717, 1.165) is 24.3 Å². The Morgan fingerprint density at radius 3 is 2.38 bits per heavy atom. The Balaban J connectivity index is 1.56. The van der Waals surface area contributed by atoms with Crippen molar-refractivity contribution < 1.29 is 9.59 Å². The van der Waals surface area contributed by atoms with Gasteiger partial charge in [0.25, 0.3) is 5.91 Å². The quantitative estimate of drug-likeness (QED) is 0.385. The van der Waals surface area contributed by atoms with E-state index >= 15 is 0 Å². The number of anilines is 1. The second kappa shape index (κ2) is 11.0. The zero-order valence-electron chi connectivity index (χ0n) is 18.1. The number of carbonyl (C=O) groups excluding carboxylic acids is 2. The van der Waals surface area contributed by atoms with Gasteiger partial charge in [0.15, 0.2) is 11.0 Å². The van der Waals surface area contributed by atoms with Gasteiger partial charge in [-0.25, -0.2) is 0 Å². The standard InChI is InChI=1S/C22H25ClN6O2S/c1-4-29(5-2)16-12-10-15(11-13-16)20-25-27-22(28(20)3)32-14-19(30)24-26-21(31)17-8-6-7-9-18(17)23/h6-13H,4-5,14H2,1-3H3,(H,24,30)(H,26,31). The van der Waals surface area contributed by atoms with Crippen LogP contribution in [0.25, 0.3) is 11.4 Å². The van der Waals surface area contributed by atoms with Crippen LogP contribution < -0.4 is 15.8 Å². The molecule has 1 heterocycles. The normalized spacial score (nSPS) is 10.6. The fourth-order valence-corrected chi connectivity index (χ4v) is 4.04. The number of hydrogen-bond acceptors (Lipinski definition) is 6. The largest absolute Gasteiger partial charge is 0.372 e. The number of thioether (sulfide) groups is 1. The summed E-state index contributed by atoms with van der Waals surface area (Å²) in [5, 5.41) is 9.36. The number of amides is 2. The lowest BCUT2D eigenvalue weighted by Gasteiger charge is -2.21. The van der Waals surface area contributed by atoms with Gasteiger partial charge in [-0.15, -0.1) is 10.2 Å². The minimum atomic E-state index is -0.483. The van der Waals surface area contributed by atoms with Gasteiger partial charge in [0, 0.05) is 31.4 Å². The van der Waals surface area contributed by atoms with Crippen LogP contribution in [0.2, 0.25) is 5.02 Å². The summed E-state index contributed by atoms with van der Waals surface area (Å²) < 4.78 is 1.84. The predicted octanol–water partition coefficient (Wildman–Crippen LogP) is 3.54. The first kappa shape index (κ1) is 23.6. The summed E-state index contributed by atoms with van der Waals surface area (Å²) in [6.07, 6.45) is 0. The van der Waals surface area contributed by atoms with Crippen molar-refractivity contribution in [1.29, 1.82) is 0 Å². The number of nitrogens with one attached hydrogen (secondary N) is 2. The molecule has 3 aromatic rings. The second-order valence-corrected chi connectivity index (χ2v) is 8.20. The Morgan fingerprint density at radius 2 is 1.72 bits per heavy atom. The number of aromatic nitrogens is 3. The summed E-state index contributed by atoms with van der Waals surface area (Å²) in [5.74, 6) is -0.0760. The van der Waals surface area contributed by atoms with E-state index in [1.165, 1.54) is 11.8 Å². The Kier molecular flexibility index (Phi) is 8.13. The lowest BCUT2D eigenvalue weighted by Crippen LogP contribution is -2.42. The third-order valence-electron chi connectivity index (χ3n) is 4.86. The van der Waals surface area contributed by atoms with Crippen LogP contribution >= 0.6 is 23.4 Å². The van der Waals surface area contributed by atoms with E-state index in [1.54, 1.807) is 24.3 Å². The van der Waals surface area contributed by atoms with Crippen LogP contribution in [0.3, 0.4) is 0 Å². The van der Waals surface area contributed by atoms with Gasteiger partial charge in [-0.1, -0.05) is 35.5 Å². The van der Waals surface area contributed by atoms with Crippen LogP contribution in [0.15, 0.2) is 53.7 Å². The van der Waals surface area contributed by atoms with E-state index in [1.807, 2.05) is 23.7 Å². The molecule has 168 valence electrons. The molecular formula is C22H25ClN6O2S. The maximum atomic E-state index is 12.1. The first-order valence-electron chi connectivity index (χ1n) is 10.2. The molecule has 0 bridgehead atoms. The van der Waals surface area contributed by atoms with Crippen molar-refractivity contribution in [1.82, 2.24) is 25.6 Å². The summed E-state index contributed by atoms with van der Waals surface area (Å²) in [6, 6.07) is 14.8. The molecule has 0 atom stereocenters. The van der Waals surface area contributed by atoms with Crippen LogP contribution in [-0.2, 0) is 11.8 Å². The molecule has 0 saturated carbocycles. The molecule has 0 radical (unpaired) electrons. The number of carbonyl (C=O) groups is 2. The highest BCUT2D eigenvalue weighted by molar-refractivity contribution is 7.99. The molecule has 2 amide bonds. The molecule has 0 spiro atoms. The Labute approximate surface area is 196 Å². The SMILES string of the molecule is CCN(CC)c1ccc(-c2nnc(SCC(=O)NNC(=O)c3ccccc3Cl)n2C)cc1. The van der Waals surface area contributed by atoms with Gasteiger partial charge in [0.05, 0.1) is 16.3 Å². The summed E-state index contributed by atoms with van der Waals surface area (Å²) in [6.45, 7) is 6.15. The van der Waals surface area contributed by atoms with Gasteiger partial charge in [-0.2, -0.15) is 0 Å². The molecule has 2 N–H and O–H groups in total. The predicted molar refractivity (Wildman–Crippen MR) is 128 cm³/mol. The molecule has 32 heavy (non-hydrogen) atoms. The molecule has 0 unspecified atom stereocenters. The molecule has 0 aliphatic carbocycles. The average Bonchev–Trinajstić information content (AvgIpc) is 3.18. The van der Waals surface area contributed by atoms with Crippen molar-refractivity contribution in [2.45, 2.75) is 19.0 Å². The molecule has 0 saturated heterocycles. The van der Waals surface area contributed by atoms with Crippen molar-refractivity contribution >= 4 is 40.9 Å². The Morgan fingerprint density at radius 1 is 1.03 bits per heavy atom. The maximum Gasteiger partial charge on any atom is 0.271 e.